The predicted molar refractivity (Wildman–Crippen MR) is 123 cm³/mol. The van der Waals surface area contributed by atoms with Crippen LogP contribution in [-0.2, 0) is 13.1 Å². The summed E-state index contributed by atoms with van der Waals surface area (Å²) in [4.78, 5) is 28.3. The first-order chi connectivity index (χ1) is 15.6. The van der Waals surface area contributed by atoms with Crippen LogP contribution in [0.1, 0.15) is 49.2 Å². The Bertz CT molecular complexity index is 1170. The Morgan fingerprint density at radius 1 is 1.03 bits per heavy atom. The van der Waals surface area contributed by atoms with Crippen molar-refractivity contribution in [1.29, 1.82) is 0 Å². The van der Waals surface area contributed by atoms with Crippen molar-refractivity contribution in [3.8, 4) is 11.5 Å². The molecule has 168 valence electrons. The Labute approximate surface area is 187 Å². The Balaban J connectivity index is 1.70. The zero-order valence-electron chi connectivity index (χ0n) is 18.7. The molecule has 1 amide bonds. The number of para-hydroxylation sites is 1. The summed E-state index contributed by atoms with van der Waals surface area (Å²) in [5, 5.41) is 5.63. The summed E-state index contributed by atoms with van der Waals surface area (Å²) in [6.07, 6.45) is 2.90. The Hall–Kier alpha value is -3.35. The van der Waals surface area contributed by atoms with Crippen LogP contribution >= 0.6 is 0 Å². The zero-order chi connectivity index (χ0) is 22.5. The topological polar surface area (TPSA) is 73.7 Å². The molecule has 0 saturated carbocycles. The number of aryl methyl sites for hydroxylation is 1. The number of amides is 1. The first-order valence-electron chi connectivity index (χ1n) is 11.3. The van der Waals surface area contributed by atoms with Crippen molar-refractivity contribution in [1.82, 2.24) is 14.7 Å². The molecule has 3 aromatic rings. The van der Waals surface area contributed by atoms with Gasteiger partial charge in [0.25, 0.3) is 11.5 Å². The van der Waals surface area contributed by atoms with E-state index >= 15 is 0 Å². The molecule has 0 fully saturated rings. The number of hydrogen-bond donors (Lipinski definition) is 0. The molecular weight excluding hydrogens is 406 g/mol. The van der Waals surface area contributed by atoms with E-state index in [-0.39, 0.29) is 11.5 Å². The summed E-state index contributed by atoms with van der Waals surface area (Å²) in [5.41, 5.74) is 1.04. The minimum atomic E-state index is -0.206. The fourth-order valence-electron chi connectivity index (χ4n) is 4.00. The van der Waals surface area contributed by atoms with Gasteiger partial charge in [-0.2, -0.15) is 5.10 Å². The average molecular weight is 436 g/mol. The number of benzene rings is 2. The smallest absolute Gasteiger partial charge is 0.275 e. The van der Waals surface area contributed by atoms with E-state index in [1.165, 1.54) is 4.68 Å². The monoisotopic (exact) mass is 435 g/mol. The second-order valence-electron chi connectivity index (χ2n) is 7.89. The maximum atomic E-state index is 13.6. The van der Waals surface area contributed by atoms with Crippen LogP contribution in [0.15, 0.2) is 47.3 Å². The molecular formula is C25H29N3O4. The molecule has 0 saturated heterocycles. The number of unbranched alkanes of at least 4 members (excludes halogenated alkanes) is 2. The molecule has 0 bridgehead atoms. The van der Waals surface area contributed by atoms with E-state index in [1.54, 1.807) is 17.0 Å². The molecule has 1 aliphatic rings. The van der Waals surface area contributed by atoms with E-state index in [4.69, 9.17) is 9.47 Å². The van der Waals surface area contributed by atoms with Crippen LogP contribution in [0.4, 0.5) is 0 Å². The molecule has 2 aromatic carbocycles. The second-order valence-corrected chi connectivity index (χ2v) is 7.89. The van der Waals surface area contributed by atoms with Crippen LogP contribution in [0.2, 0.25) is 0 Å². The van der Waals surface area contributed by atoms with Crippen LogP contribution in [0.25, 0.3) is 10.8 Å². The number of carbonyl (C=O) groups excluding carboxylic acids is 1. The standard InChI is InChI=1S/C25H29N3O4/c1-3-5-8-14-28-24(29)20-12-7-6-11-19(20)22(26-28)25(30)27(4-2)17-18-10-9-13-21-23(18)32-16-15-31-21/h6-7,9-13H,3-5,8,14-17H2,1-2H3. The number of rotatable bonds is 8. The van der Waals surface area contributed by atoms with Crippen molar-refractivity contribution in [2.75, 3.05) is 19.8 Å². The summed E-state index contributed by atoms with van der Waals surface area (Å²) >= 11 is 0. The molecule has 7 heteroatoms. The van der Waals surface area contributed by atoms with Crippen LogP contribution in [0, 0.1) is 0 Å². The van der Waals surface area contributed by atoms with Gasteiger partial charge in [0.2, 0.25) is 0 Å². The van der Waals surface area contributed by atoms with E-state index in [0.29, 0.717) is 60.8 Å². The van der Waals surface area contributed by atoms with Crippen LogP contribution < -0.4 is 15.0 Å². The third-order valence-corrected chi connectivity index (χ3v) is 5.72. The predicted octanol–water partition coefficient (Wildman–Crippen LogP) is 4.02. The Morgan fingerprint density at radius 2 is 1.81 bits per heavy atom. The summed E-state index contributed by atoms with van der Waals surface area (Å²) in [7, 11) is 0. The SMILES string of the molecule is CCCCCn1nc(C(=O)N(CC)Cc2cccc3c2OCCO3)c2ccccc2c1=O. The first kappa shape index (κ1) is 21.9. The van der Waals surface area contributed by atoms with Gasteiger partial charge in [-0.25, -0.2) is 4.68 Å². The highest BCUT2D eigenvalue weighted by Gasteiger charge is 2.24. The largest absolute Gasteiger partial charge is 0.486 e. The van der Waals surface area contributed by atoms with Gasteiger partial charge in [0.15, 0.2) is 17.2 Å². The van der Waals surface area contributed by atoms with Crippen molar-refractivity contribution < 1.29 is 14.3 Å². The number of nitrogens with zero attached hydrogens (tertiary/aromatic N) is 3. The molecule has 0 radical (unpaired) electrons. The van der Waals surface area contributed by atoms with E-state index in [1.807, 2.05) is 37.3 Å². The minimum absolute atomic E-state index is 0.154. The van der Waals surface area contributed by atoms with Gasteiger partial charge in [0.1, 0.15) is 13.2 Å². The maximum Gasteiger partial charge on any atom is 0.275 e. The second kappa shape index (κ2) is 9.85. The minimum Gasteiger partial charge on any atom is -0.486 e. The highest BCUT2D eigenvalue weighted by Crippen LogP contribution is 2.34. The summed E-state index contributed by atoms with van der Waals surface area (Å²) in [6, 6.07) is 12.9. The van der Waals surface area contributed by atoms with Crippen LogP contribution in [0.5, 0.6) is 11.5 Å². The summed E-state index contributed by atoms with van der Waals surface area (Å²) in [5.74, 6) is 1.18. The lowest BCUT2D eigenvalue weighted by atomic mass is 10.1. The Kier molecular flexibility index (Phi) is 6.73. The summed E-state index contributed by atoms with van der Waals surface area (Å²) < 4.78 is 12.9. The van der Waals surface area contributed by atoms with E-state index in [2.05, 4.69) is 12.0 Å². The molecule has 1 aliphatic heterocycles. The third kappa shape index (κ3) is 4.33. The first-order valence-corrected chi connectivity index (χ1v) is 11.3. The van der Waals surface area contributed by atoms with Gasteiger partial charge >= 0.3 is 0 Å². The highest BCUT2D eigenvalue weighted by atomic mass is 16.6. The lowest BCUT2D eigenvalue weighted by Gasteiger charge is -2.25. The lowest BCUT2D eigenvalue weighted by molar-refractivity contribution is 0.0742. The van der Waals surface area contributed by atoms with Crippen molar-refractivity contribution >= 4 is 16.7 Å². The quantitative estimate of drug-likeness (QED) is 0.500. The van der Waals surface area contributed by atoms with Crippen LogP contribution in [-0.4, -0.2) is 40.3 Å². The van der Waals surface area contributed by atoms with Gasteiger partial charge in [-0.05, 0) is 25.5 Å². The van der Waals surface area contributed by atoms with Crippen molar-refractivity contribution in [3.63, 3.8) is 0 Å². The molecule has 0 N–H and O–H groups in total. The van der Waals surface area contributed by atoms with Gasteiger partial charge in [-0.15, -0.1) is 0 Å². The van der Waals surface area contributed by atoms with Gasteiger partial charge in [-0.1, -0.05) is 50.1 Å². The molecule has 0 atom stereocenters. The normalized spacial score (nSPS) is 12.7. The summed E-state index contributed by atoms with van der Waals surface area (Å²) in [6.45, 7) is 6.41. The molecule has 32 heavy (non-hydrogen) atoms. The molecule has 1 aromatic heterocycles. The fourth-order valence-corrected chi connectivity index (χ4v) is 4.00. The van der Waals surface area contributed by atoms with Crippen LogP contribution in [0.3, 0.4) is 0 Å². The van der Waals surface area contributed by atoms with Crippen molar-refractivity contribution in [2.45, 2.75) is 46.2 Å². The molecule has 2 heterocycles. The molecule has 0 spiro atoms. The number of ether oxygens (including phenoxy) is 2. The van der Waals surface area contributed by atoms with E-state index < -0.39 is 0 Å². The van der Waals surface area contributed by atoms with Gasteiger partial charge in [-0.3, -0.25) is 9.59 Å². The fraction of sp³-hybridized carbons (Fsp3) is 0.400. The van der Waals surface area contributed by atoms with E-state index in [0.717, 1.165) is 24.8 Å². The highest BCUT2D eigenvalue weighted by molar-refractivity contribution is 6.04. The number of hydrogen-bond acceptors (Lipinski definition) is 5. The maximum absolute atomic E-state index is 13.6. The molecule has 0 aliphatic carbocycles. The number of fused-ring (bicyclic) bond motifs is 2. The van der Waals surface area contributed by atoms with Gasteiger partial charge in [0, 0.05) is 30.6 Å². The zero-order valence-corrected chi connectivity index (χ0v) is 18.7. The lowest BCUT2D eigenvalue weighted by Crippen LogP contribution is -2.34. The molecule has 7 nitrogen and oxygen atoms in total. The number of aromatic nitrogens is 2. The average Bonchev–Trinajstić information content (AvgIpc) is 2.84. The van der Waals surface area contributed by atoms with Crippen molar-refractivity contribution in [3.05, 3.63) is 64.1 Å². The third-order valence-electron chi connectivity index (χ3n) is 5.72. The van der Waals surface area contributed by atoms with E-state index in [9.17, 15) is 9.59 Å². The van der Waals surface area contributed by atoms with Crippen molar-refractivity contribution in [2.24, 2.45) is 0 Å². The number of carbonyl (C=O) groups is 1. The van der Waals surface area contributed by atoms with Gasteiger partial charge < -0.3 is 14.4 Å². The van der Waals surface area contributed by atoms with Gasteiger partial charge in [0.05, 0.1) is 5.39 Å². The Morgan fingerprint density at radius 3 is 2.59 bits per heavy atom. The molecule has 0 unspecified atom stereocenters. The molecule has 4 rings (SSSR count).